The minimum Gasteiger partial charge on any atom is -0.443 e. The molecule has 1 aliphatic rings. The summed E-state index contributed by atoms with van der Waals surface area (Å²) in [6.45, 7) is 9.04. The number of amides is 1. The monoisotopic (exact) mass is 449 g/mol. The quantitative estimate of drug-likeness (QED) is 0.737. The van der Waals surface area contributed by atoms with Gasteiger partial charge in [-0.15, -0.1) is 0 Å². The Bertz CT molecular complexity index is 920. The summed E-state index contributed by atoms with van der Waals surface area (Å²) in [7, 11) is 0. The Hall–Kier alpha value is -2.41. The molecule has 0 bridgehead atoms. The lowest BCUT2D eigenvalue weighted by Crippen LogP contribution is -2.51. The van der Waals surface area contributed by atoms with Gasteiger partial charge >= 0.3 is 6.09 Å². The number of aromatic nitrogens is 4. The molecule has 1 fully saturated rings. The van der Waals surface area contributed by atoms with Crippen LogP contribution in [-0.2, 0) is 4.74 Å². The highest BCUT2D eigenvalue weighted by Crippen LogP contribution is 2.32. The van der Waals surface area contributed by atoms with Gasteiger partial charge < -0.3 is 15.0 Å². The second-order valence-corrected chi connectivity index (χ2v) is 8.76. The van der Waals surface area contributed by atoms with Crippen LogP contribution >= 0.6 is 15.9 Å². The SMILES string of the molecule is CCC1(OC(=O)NC(C)(C)C)CCN(c2nc(C#N)c3c(Br)n[nH]c3n2)CC1. The number of halogens is 1. The van der Waals surface area contributed by atoms with E-state index < -0.39 is 11.7 Å². The Morgan fingerprint density at radius 1 is 1.39 bits per heavy atom. The van der Waals surface area contributed by atoms with Crippen molar-refractivity contribution >= 4 is 39.0 Å². The molecule has 10 heteroatoms. The second kappa shape index (κ2) is 7.54. The number of nitrogens with zero attached hydrogens (tertiary/aromatic N) is 5. The Morgan fingerprint density at radius 3 is 2.64 bits per heavy atom. The number of nitrogens with one attached hydrogen (secondary N) is 2. The topological polar surface area (TPSA) is 120 Å². The van der Waals surface area contributed by atoms with Gasteiger partial charge in [-0.1, -0.05) is 6.92 Å². The summed E-state index contributed by atoms with van der Waals surface area (Å²) in [5.74, 6) is 0.476. The van der Waals surface area contributed by atoms with Crippen LogP contribution in [0.25, 0.3) is 11.0 Å². The van der Waals surface area contributed by atoms with Crippen molar-refractivity contribution < 1.29 is 9.53 Å². The van der Waals surface area contributed by atoms with E-state index in [1.54, 1.807) is 0 Å². The molecule has 150 valence electrons. The van der Waals surface area contributed by atoms with Crippen molar-refractivity contribution in [1.29, 1.82) is 5.26 Å². The van der Waals surface area contributed by atoms with Crippen LogP contribution in [0.2, 0.25) is 0 Å². The summed E-state index contributed by atoms with van der Waals surface area (Å²) in [5.41, 5.74) is -0.0668. The Labute approximate surface area is 172 Å². The van der Waals surface area contributed by atoms with E-state index in [4.69, 9.17) is 4.74 Å². The molecular formula is C18H24BrN7O2. The smallest absolute Gasteiger partial charge is 0.408 e. The Balaban J connectivity index is 1.75. The van der Waals surface area contributed by atoms with Crippen molar-refractivity contribution in [3.05, 3.63) is 10.3 Å². The zero-order valence-corrected chi connectivity index (χ0v) is 18.1. The number of rotatable bonds is 3. The van der Waals surface area contributed by atoms with Gasteiger partial charge in [-0.2, -0.15) is 15.3 Å². The van der Waals surface area contributed by atoms with E-state index in [-0.39, 0.29) is 11.2 Å². The maximum Gasteiger partial charge on any atom is 0.408 e. The summed E-state index contributed by atoms with van der Waals surface area (Å²) >= 11 is 3.31. The first kappa shape index (κ1) is 20.3. The van der Waals surface area contributed by atoms with Gasteiger partial charge in [-0.25, -0.2) is 9.78 Å². The first-order valence-electron chi connectivity index (χ1n) is 9.24. The molecule has 3 heterocycles. The van der Waals surface area contributed by atoms with Gasteiger partial charge in [0.15, 0.2) is 11.3 Å². The van der Waals surface area contributed by atoms with Gasteiger partial charge in [0.25, 0.3) is 0 Å². The maximum atomic E-state index is 12.3. The molecule has 28 heavy (non-hydrogen) atoms. The second-order valence-electron chi connectivity index (χ2n) is 8.01. The molecule has 2 N–H and O–H groups in total. The van der Waals surface area contributed by atoms with Crippen LogP contribution in [0.5, 0.6) is 0 Å². The molecule has 0 atom stereocenters. The van der Waals surface area contributed by atoms with Crippen LogP contribution in [0.1, 0.15) is 52.7 Å². The average Bonchev–Trinajstić information content (AvgIpc) is 3.01. The van der Waals surface area contributed by atoms with Gasteiger partial charge in [-0.3, -0.25) is 5.10 Å². The highest BCUT2D eigenvalue weighted by molar-refractivity contribution is 9.10. The number of aromatic amines is 1. The van der Waals surface area contributed by atoms with Crippen molar-refractivity contribution in [2.24, 2.45) is 0 Å². The van der Waals surface area contributed by atoms with E-state index in [9.17, 15) is 10.1 Å². The summed E-state index contributed by atoms with van der Waals surface area (Å²) in [5, 5.41) is 19.7. The zero-order chi connectivity index (χ0) is 20.5. The molecule has 1 saturated heterocycles. The minimum absolute atomic E-state index is 0.272. The molecule has 0 aliphatic carbocycles. The largest absolute Gasteiger partial charge is 0.443 e. The number of ether oxygens (including phenoxy) is 1. The fourth-order valence-electron chi connectivity index (χ4n) is 3.28. The number of piperidine rings is 1. The highest BCUT2D eigenvalue weighted by atomic mass is 79.9. The molecule has 0 unspecified atom stereocenters. The van der Waals surface area contributed by atoms with Gasteiger partial charge in [-0.05, 0) is 43.1 Å². The normalized spacial score (nSPS) is 16.6. The molecule has 3 rings (SSSR count). The number of carbonyl (C=O) groups excluding carboxylic acids is 1. The molecule has 0 aromatic carbocycles. The third kappa shape index (κ3) is 4.19. The summed E-state index contributed by atoms with van der Waals surface area (Å²) in [6, 6.07) is 2.11. The van der Waals surface area contributed by atoms with Crippen molar-refractivity contribution in [2.45, 2.75) is 58.1 Å². The number of alkyl carbamates (subject to hydrolysis) is 1. The first-order valence-corrected chi connectivity index (χ1v) is 10.0. The van der Waals surface area contributed by atoms with Gasteiger partial charge in [0, 0.05) is 31.5 Å². The van der Waals surface area contributed by atoms with E-state index in [0.717, 1.165) is 6.42 Å². The van der Waals surface area contributed by atoms with Crippen LogP contribution in [0.3, 0.4) is 0 Å². The fraction of sp³-hybridized carbons (Fsp3) is 0.611. The molecular weight excluding hydrogens is 426 g/mol. The number of fused-ring (bicyclic) bond motifs is 1. The maximum absolute atomic E-state index is 12.3. The molecule has 0 spiro atoms. The lowest BCUT2D eigenvalue weighted by molar-refractivity contribution is -0.0131. The van der Waals surface area contributed by atoms with Crippen molar-refractivity contribution in [3.63, 3.8) is 0 Å². The number of hydrogen-bond donors (Lipinski definition) is 2. The number of nitriles is 1. The van der Waals surface area contributed by atoms with E-state index >= 15 is 0 Å². The van der Waals surface area contributed by atoms with E-state index in [1.165, 1.54) is 0 Å². The lowest BCUT2D eigenvalue weighted by Gasteiger charge is -2.41. The Kier molecular flexibility index (Phi) is 5.48. The standard InChI is InChI=1S/C18H24BrN7O2/c1-5-18(28-16(27)23-17(2,3)4)6-8-26(9-7-18)15-21-11(10-20)12-13(19)24-25-14(12)22-15/h5-9H2,1-4H3,(H,23,27)(H,21,22,24,25). The van der Waals surface area contributed by atoms with E-state index in [2.05, 4.69) is 47.5 Å². The van der Waals surface area contributed by atoms with Crippen molar-refractivity contribution in [1.82, 2.24) is 25.5 Å². The summed E-state index contributed by atoms with van der Waals surface area (Å²) in [6.07, 6.45) is 1.66. The third-order valence-corrected chi connectivity index (χ3v) is 5.43. The predicted molar refractivity (Wildman–Crippen MR) is 108 cm³/mol. The molecule has 1 aliphatic heterocycles. The van der Waals surface area contributed by atoms with Crippen LogP contribution in [-0.4, -0.2) is 50.5 Å². The molecule has 1 amide bonds. The minimum atomic E-state index is -0.509. The van der Waals surface area contributed by atoms with Crippen molar-refractivity contribution in [3.8, 4) is 6.07 Å². The number of carbonyl (C=O) groups is 1. The number of H-pyrrole nitrogens is 1. The third-order valence-electron chi connectivity index (χ3n) is 4.86. The summed E-state index contributed by atoms with van der Waals surface area (Å²) < 4.78 is 6.34. The van der Waals surface area contributed by atoms with Crippen LogP contribution < -0.4 is 10.2 Å². The van der Waals surface area contributed by atoms with E-state index in [1.807, 2.05) is 32.6 Å². The Morgan fingerprint density at radius 2 is 2.07 bits per heavy atom. The van der Waals surface area contributed by atoms with Gasteiger partial charge in [0.2, 0.25) is 5.95 Å². The highest BCUT2D eigenvalue weighted by Gasteiger charge is 2.38. The predicted octanol–water partition coefficient (Wildman–Crippen LogP) is 3.26. The summed E-state index contributed by atoms with van der Waals surface area (Å²) in [4.78, 5) is 23.2. The lowest BCUT2D eigenvalue weighted by atomic mass is 9.88. The van der Waals surface area contributed by atoms with E-state index in [0.29, 0.717) is 47.5 Å². The molecule has 9 nitrogen and oxygen atoms in total. The van der Waals surface area contributed by atoms with Gasteiger partial charge in [0.1, 0.15) is 16.3 Å². The van der Waals surface area contributed by atoms with Crippen LogP contribution in [0.4, 0.5) is 10.7 Å². The van der Waals surface area contributed by atoms with Crippen molar-refractivity contribution in [2.75, 3.05) is 18.0 Å². The van der Waals surface area contributed by atoms with Gasteiger partial charge in [0.05, 0.1) is 5.39 Å². The first-order chi connectivity index (χ1) is 13.2. The molecule has 0 radical (unpaired) electrons. The number of anilines is 1. The molecule has 2 aromatic heterocycles. The average molecular weight is 450 g/mol. The molecule has 0 saturated carbocycles. The van der Waals surface area contributed by atoms with Crippen LogP contribution in [0, 0.1) is 11.3 Å². The fourth-order valence-corrected chi connectivity index (χ4v) is 3.74. The zero-order valence-electron chi connectivity index (χ0n) is 16.5. The number of hydrogen-bond acceptors (Lipinski definition) is 7. The molecule has 2 aromatic rings. The van der Waals surface area contributed by atoms with Crippen LogP contribution in [0.15, 0.2) is 4.60 Å².